The Kier molecular flexibility index (Phi) is 3.77. The van der Waals surface area contributed by atoms with Crippen LogP contribution in [0.4, 0.5) is 18.9 Å². The fraction of sp³-hybridized carbons (Fsp3) is 0.0625. The largest absolute Gasteiger partial charge is 0.418 e. The van der Waals surface area contributed by atoms with Crippen molar-refractivity contribution in [2.75, 3.05) is 5.32 Å². The van der Waals surface area contributed by atoms with Crippen LogP contribution in [0.3, 0.4) is 0 Å². The third-order valence-electron chi connectivity index (χ3n) is 3.37. The Hall–Kier alpha value is -2.47. The predicted molar refractivity (Wildman–Crippen MR) is 82.7 cm³/mol. The second-order valence-corrected chi connectivity index (χ2v) is 5.33. The molecule has 2 aromatic carbocycles. The van der Waals surface area contributed by atoms with Crippen LogP contribution >= 0.6 is 11.6 Å². The minimum Gasteiger partial charge on any atom is -0.360 e. The van der Waals surface area contributed by atoms with Crippen molar-refractivity contribution in [3.05, 3.63) is 64.8 Å². The van der Waals surface area contributed by atoms with Gasteiger partial charge < -0.3 is 10.3 Å². The second-order valence-electron chi connectivity index (χ2n) is 4.89. The molecule has 118 valence electrons. The molecule has 0 atom stereocenters. The number of hydrogen-bond donors (Lipinski definition) is 2. The van der Waals surface area contributed by atoms with Crippen LogP contribution in [-0.2, 0) is 6.18 Å². The van der Waals surface area contributed by atoms with E-state index in [4.69, 9.17) is 11.6 Å². The van der Waals surface area contributed by atoms with Crippen molar-refractivity contribution in [2.24, 2.45) is 0 Å². The molecule has 0 aliphatic carbocycles. The van der Waals surface area contributed by atoms with Gasteiger partial charge in [-0.05, 0) is 24.3 Å². The van der Waals surface area contributed by atoms with Crippen LogP contribution in [0.15, 0.2) is 48.7 Å². The molecule has 1 heterocycles. The van der Waals surface area contributed by atoms with Gasteiger partial charge in [-0.25, -0.2) is 0 Å². The standard InChI is InChI=1S/C16H10ClF3N2O/c17-9-5-6-10-11(8-21-14(10)7-9)15(23)22-13-4-2-1-3-12(13)16(18,19)20/h1-8,21H,(H,22,23). The van der Waals surface area contributed by atoms with Gasteiger partial charge in [0.25, 0.3) is 5.91 Å². The maximum absolute atomic E-state index is 13.0. The van der Waals surface area contributed by atoms with Crippen molar-refractivity contribution in [1.29, 1.82) is 0 Å². The molecule has 23 heavy (non-hydrogen) atoms. The maximum Gasteiger partial charge on any atom is 0.418 e. The zero-order valence-electron chi connectivity index (χ0n) is 11.5. The van der Waals surface area contributed by atoms with Crippen molar-refractivity contribution >= 4 is 34.1 Å². The van der Waals surface area contributed by atoms with Gasteiger partial charge in [0.1, 0.15) is 0 Å². The summed E-state index contributed by atoms with van der Waals surface area (Å²) in [6, 6.07) is 9.72. The Balaban J connectivity index is 1.96. The Bertz CT molecular complexity index is 886. The Morgan fingerprint density at radius 2 is 1.87 bits per heavy atom. The van der Waals surface area contributed by atoms with Gasteiger partial charge in [0.2, 0.25) is 0 Å². The summed E-state index contributed by atoms with van der Waals surface area (Å²) >= 11 is 5.86. The van der Waals surface area contributed by atoms with Crippen molar-refractivity contribution in [3.63, 3.8) is 0 Å². The first-order chi connectivity index (χ1) is 10.9. The molecule has 3 nitrogen and oxygen atoms in total. The van der Waals surface area contributed by atoms with Gasteiger partial charge in [-0.2, -0.15) is 13.2 Å². The quantitative estimate of drug-likeness (QED) is 0.671. The molecule has 0 saturated heterocycles. The molecule has 0 radical (unpaired) electrons. The lowest BCUT2D eigenvalue weighted by molar-refractivity contribution is -0.136. The third-order valence-corrected chi connectivity index (χ3v) is 3.60. The lowest BCUT2D eigenvalue weighted by Crippen LogP contribution is -2.16. The minimum atomic E-state index is -4.54. The first kappa shape index (κ1) is 15.4. The Morgan fingerprint density at radius 1 is 1.13 bits per heavy atom. The predicted octanol–water partition coefficient (Wildman–Crippen LogP) is 5.09. The first-order valence-corrected chi connectivity index (χ1v) is 6.98. The number of carbonyl (C=O) groups is 1. The summed E-state index contributed by atoms with van der Waals surface area (Å²) in [5.74, 6) is -0.629. The van der Waals surface area contributed by atoms with Crippen molar-refractivity contribution in [3.8, 4) is 0 Å². The van der Waals surface area contributed by atoms with E-state index in [1.807, 2.05) is 0 Å². The number of fused-ring (bicyclic) bond motifs is 1. The molecule has 0 aliphatic rings. The Morgan fingerprint density at radius 3 is 2.61 bits per heavy atom. The summed E-state index contributed by atoms with van der Waals surface area (Å²) in [6.07, 6.45) is -3.11. The summed E-state index contributed by atoms with van der Waals surface area (Å²) in [5.41, 5.74) is -0.301. The van der Waals surface area contributed by atoms with E-state index in [1.165, 1.54) is 24.4 Å². The van der Waals surface area contributed by atoms with Crippen LogP contribution in [0, 0.1) is 0 Å². The number of para-hydroxylation sites is 1. The van der Waals surface area contributed by atoms with Gasteiger partial charge in [-0.1, -0.05) is 29.8 Å². The lowest BCUT2D eigenvalue weighted by atomic mass is 10.1. The molecular weight excluding hydrogens is 329 g/mol. The molecule has 3 aromatic rings. The lowest BCUT2D eigenvalue weighted by Gasteiger charge is -2.13. The SMILES string of the molecule is O=C(Nc1ccccc1C(F)(F)F)c1c[nH]c2cc(Cl)ccc12. The number of nitrogens with one attached hydrogen (secondary N) is 2. The van der Waals surface area contributed by atoms with E-state index in [0.29, 0.717) is 15.9 Å². The highest BCUT2D eigenvalue weighted by Crippen LogP contribution is 2.35. The fourth-order valence-electron chi connectivity index (χ4n) is 2.32. The number of hydrogen-bond acceptors (Lipinski definition) is 1. The Labute approximate surface area is 134 Å². The van der Waals surface area contributed by atoms with Crippen LogP contribution in [0.1, 0.15) is 15.9 Å². The molecule has 0 unspecified atom stereocenters. The highest BCUT2D eigenvalue weighted by Gasteiger charge is 2.33. The molecule has 3 rings (SSSR count). The molecular formula is C16H10ClF3N2O. The highest BCUT2D eigenvalue weighted by molar-refractivity contribution is 6.31. The van der Waals surface area contributed by atoms with Crippen LogP contribution in [0.25, 0.3) is 10.9 Å². The molecule has 0 bridgehead atoms. The van der Waals surface area contributed by atoms with Gasteiger partial charge in [0, 0.05) is 22.1 Å². The molecule has 0 spiro atoms. The van der Waals surface area contributed by atoms with Gasteiger partial charge in [0.15, 0.2) is 0 Å². The van der Waals surface area contributed by atoms with E-state index in [1.54, 1.807) is 18.2 Å². The number of carbonyl (C=O) groups excluding carboxylic acids is 1. The van der Waals surface area contributed by atoms with Crippen LogP contribution in [0.5, 0.6) is 0 Å². The number of aromatic amines is 1. The highest BCUT2D eigenvalue weighted by atomic mass is 35.5. The number of amides is 1. The topological polar surface area (TPSA) is 44.9 Å². The normalized spacial score (nSPS) is 11.7. The summed E-state index contributed by atoms with van der Waals surface area (Å²) in [7, 11) is 0. The maximum atomic E-state index is 13.0. The number of anilines is 1. The molecule has 0 saturated carbocycles. The number of halogens is 4. The summed E-state index contributed by atoms with van der Waals surface area (Å²) in [6.45, 7) is 0. The number of rotatable bonds is 2. The van der Waals surface area contributed by atoms with E-state index in [9.17, 15) is 18.0 Å². The van der Waals surface area contributed by atoms with Gasteiger partial charge in [0.05, 0.1) is 16.8 Å². The smallest absolute Gasteiger partial charge is 0.360 e. The van der Waals surface area contributed by atoms with Crippen LogP contribution < -0.4 is 5.32 Å². The minimum absolute atomic E-state index is 0.244. The van der Waals surface area contributed by atoms with Gasteiger partial charge in [-0.15, -0.1) is 0 Å². The zero-order chi connectivity index (χ0) is 16.6. The molecule has 1 amide bonds. The third kappa shape index (κ3) is 3.03. The van der Waals surface area contributed by atoms with Crippen LogP contribution in [-0.4, -0.2) is 10.9 Å². The average molecular weight is 339 g/mol. The number of benzene rings is 2. The monoisotopic (exact) mass is 338 g/mol. The fourth-order valence-corrected chi connectivity index (χ4v) is 2.49. The van der Waals surface area contributed by atoms with Gasteiger partial charge in [-0.3, -0.25) is 4.79 Å². The zero-order valence-corrected chi connectivity index (χ0v) is 12.3. The van der Waals surface area contributed by atoms with E-state index >= 15 is 0 Å². The van der Waals surface area contributed by atoms with Gasteiger partial charge >= 0.3 is 6.18 Å². The molecule has 7 heteroatoms. The van der Waals surface area contributed by atoms with Crippen molar-refractivity contribution in [1.82, 2.24) is 4.98 Å². The van der Waals surface area contributed by atoms with E-state index in [0.717, 1.165) is 6.07 Å². The molecule has 0 aliphatic heterocycles. The van der Waals surface area contributed by atoms with Crippen LogP contribution in [0.2, 0.25) is 5.02 Å². The molecule has 2 N–H and O–H groups in total. The molecule has 0 fully saturated rings. The van der Waals surface area contributed by atoms with E-state index in [2.05, 4.69) is 10.3 Å². The summed E-state index contributed by atoms with van der Waals surface area (Å²) < 4.78 is 38.9. The average Bonchev–Trinajstić information content (AvgIpc) is 2.89. The molecule has 1 aromatic heterocycles. The second kappa shape index (κ2) is 5.62. The summed E-state index contributed by atoms with van der Waals surface area (Å²) in [4.78, 5) is 15.2. The first-order valence-electron chi connectivity index (χ1n) is 6.60. The van der Waals surface area contributed by atoms with E-state index in [-0.39, 0.29) is 11.3 Å². The number of alkyl halides is 3. The van der Waals surface area contributed by atoms with Crippen molar-refractivity contribution < 1.29 is 18.0 Å². The van der Waals surface area contributed by atoms with E-state index < -0.39 is 17.6 Å². The van der Waals surface area contributed by atoms with Crippen molar-refractivity contribution in [2.45, 2.75) is 6.18 Å². The number of aromatic nitrogens is 1. The summed E-state index contributed by atoms with van der Waals surface area (Å²) in [5, 5.41) is 3.39. The number of H-pyrrole nitrogens is 1.